The molecule has 0 fully saturated rings. The summed E-state index contributed by atoms with van der Waals surface area (Å²) in [6, 6.07) is 10.7. The van der Waals surface area contributed by atoms with E-state index < -0.39 is 0 Å². The molecule has 0 saturated carbocycles. The Hall–Kier alpha value is -2.27. The molecule has 3 rings (SSSR count). The Bertz CT molecular complexity index is 833. The number of hydrogen-bond donors (Lipinski definition) is 0. The third-order valence-electron chi connectivity index (χ3n) is 5.26. The molecule has 2 aromatic carbocycles. The van der Waals surface area contributed by atoms with Crippen molar-refractivity contribution >= 4 is 5.69 Å². The van der Waals surface area contributed by atoms with Crippen LogP contribution in [0.4, 0.5) is 10.1 Å². The molecule has 0 unspecified atom stereocenters. The monoisotopic (exact) mass is 370 g/mol. The summed E-state index contributed by atoms with van der Waals surface area (Å²) in [5, 5.41) is 3.12. The van der Waals surface area contributed by atoms with Crippen LogP contribution in [0, 0.1) is 10.7 Å². The minimum atomic E-state index is -0.175. The normalized spacial score (nSPS) is 14.4. The minimum absolute atomic E-state index is 0.00285. The van der Waals surface area contributed by atoms with E-state index in [0.717, 1.165) is 37.1 Å². The standard InChI is InChI=1S/C22H27FN2O2/c1-15(2)27-21-8-5-16(11-20(21)24-26)9-10-22(3,4)25-13-17-6-7-19(23)12-18(17)14-25/h5-8,11-12,15H,9-10,13-14H2,1-4H3. The van der Waals surface area contributed by atoms with E-state index in [4.69, 9.17) is 4.74 Å². The van der Waals surface area contributed by atoms with Crippen LogP contribution in [-0.4, -0.2) is 16.5 Å². The second-order valence-corrected chi connectivity index (χ2v) is 8.14. The topological polar surface area (TPSA) is 41.9 Å². The molecule has 0 aromatic heterocycles. The lowest BCUT2D eigenvalue weighted by molar-refractivity contribution is 0.109. The van der Waals surface area contributed by atoms with E-state index in [1.807, 2.05) is 38.1 Å². The van der Waals surface area contributed by atoms with Gasteiger partial charge in [0.2, 0.25) is 0 Å². The molecule has 0 atom stereocenters. The maximum Gasteiger partial charge on any atom is 0.150 e. The average Bonchev–Trinajstić information content (AvgIpc) is 3.04. The lowest BCUT2D eigenvalue weighted by Gasteiger charge is -2.35. The molecule has 1 heterocycles. The van der Waals surface area contributed by atoms with Gasteiger partial charge in [-0.25, -0.2) is 4.39 Å². The van der Waals surface area contributed by atoms with Gasteiger partial charge in [0.1, 0.15) is 17.3 Å². The molecule has 4 nitrogen and oxygen atoms in total. The van der Waals surface area contributed by atoms with Crippen molar-refractivity contribution in [3.8, 4) is 5.75 Å². The fourth-order valence-corrected chi connectivity index (χ4v) is 3.54. The van der Waals surface area contributed by atoms with Gasteiger partial charge < -0.3 is 4.74 Å². The highest BCUT2D eigenvalue weighted by Crippen LogP contribution is 2.34. The van der Waals surface area contributed by atoms with Gasteiger partial charge in [-0.05, 0) is 86.7 Å². The number of aryl methyl sites for hydroxylation is 1. The van der Waals surface area contributed by atoms with Crippen molar-refractivity contribution in [3.63, 3.8) is 0 Å². The van der Waals surface area contributed by atoms with Gasteiger partial charge in [0.15, 0.2) is 0 Å². The molecule has 0 amide bonds. The van der Waals surface area contributed by atoms with Crippen molar-refractivity contribution < 1.29 is 9.13 Å². The molecule has 2 aromatic rings. The Kier molecular flexibility index (Phi) is 5.61. The van der Waals surface area contributed by atoms with Crippen LogP contribution in [0.1, 0.15) is 50.8 Å². The van der Waals surface area contributed by atoms with Gasteiger partial charge in [-0.1, -0.05) is 12.1 Å². The van der Waals surface area contributed by atoms with Crippen molar-refractivity contribution in [2.75, 3.05) is 0 Å². The molecular formula is C22H27FN2O2. The Morgan fingerprint density at radius 3 is 2.59 bits per heavy atom. The second-order valence-electron chi connectivity index (χ2n) is 8.14. The van der Waals surface area contributed by atoms with Gasteiger partial charge in [-0.2, -0.15) is 0 Å². The quantitative estimate of drug-likeness (QED) is 0.584. The zero-order chi connectivity index (χ0) is 19.6. The number of rotatable bonds is 7. The number of hydrogen-bond acceptors (Lipinski definition) is 4. The van der Waals surface area contributed by atoms with Gasteiger partial charge >= 0.3 is 0 Å². The largest absolute Gasteiger partial charge is 0.489 e. The summed E-state index contributed by atoms with van der Waals surface area (Å²) in [6.45, 7) is 9.87. The summed E-state index contributed by atoms with van der Waals surface area (Å²) in [5.41, 5.74) is 3.65. The van der Waals surface area contributed by atoms with E-state index in [1.165, 1.54) is 11.6 Å². The van der Waals surface area contributed by atoms with Gasteiger partial charge in [0.25, 0.3) is 0 Å². The first-order valence-corrected chi connectivity index (χ1v) is 9.44. The molecule has 0 N–H and O–H groups in total. The van der Waals surface area contributed by atoms with Gasteiger partial charge in [-0.3, -0.25) is 4.90 Å². The lowest BCUT2D eigenvalue weighted by atomic mass is 9.93. The molecular weight excluding hydrogens is 343 g/mol. The molecule has 0 saturated heterocycles. The van der Waals surface area contributed by atoms with Crippen LogP contribution in [-0.2, 0) is 19.5 Å². The summed E-state index contributed by atoms with van der Waals surface area (Å²) in [5.74, 6) is 0.353. The highest BCUT2D eigenvalue weighted by Gasteiger charge is 2.31. The molecule has 1 aliphatic heterocycles. The van der Waals surface area contributed by atoms with Crippen molar-refractivity contribution in [1.82, 2.24) is 4.90 Å². The van der Waals surface area contributed by atoms with Crippen LogP contribution < -0.4 is 4.74 Å². The van der Waals surface area contributed by atoms with Crippen molar-refractivity contribution in [1.29, 1.82) is 0 Å². The van der Waals surface area contributed by atoms with Crippen molar-refractivity contribution in [2.24, 2.45) is 5.18 Å². The summed E-state index contributed by atoms with van der Waals surface area (Å²) >= 11 is 0. The molecule has 0 aliphatic carbocycles. The van der Waals surface area contributed by atoms with Gasteiger partial charge in [0.05, 0.1) is 6.10 Å². The molecule has 0 spiro atoms. The molecule has 27 heavy (non-hydrogen) atoms. The zero-order valence-corrected chi connectivity index (χ0v) is 16.5. The number of benzene rings is 2. The summed E-state index contributed by atoms with van der Waals surface area (Å²) < 4.78 is 19.1. The van der Waals surface area contributed by atoms with E-state index in [0.29, 0.717) is 11.4 Å². The Morgan fingerprint density at radius 2 is 1.89 bits per heavy atom. The maximum absolute atomic E-state index is 13.5. The Balaban J connectivity index is 1.66. The molecule has 0 bridgehead atoms. The predicted octanol–water partition coefficient (Wildman–Crippen LogP) is 5.74. The van der Waals surface area contributed by atoms with E-state index in [1.54, 1.807) is 6.07 Å². The Morgan fingerprint density at radius 1 is 1.15 bits per heavy atom. The minimum Gasteiger partial charge on any atom is -0.489 e. The second kappa shape index (κ2) is 7.77. The zero-order valence-electron chi connectivity index (χ0n) is 16.5. The van der Waals surface area contributed by atoms with Crippen LogP contribution in [0.15, 0.2) is 41.6 Å². The number of nitrogens with zero attached hydrogens (tertiary/aromatic N) is 2. The van der Waals surface area contributed by atoms with Crippen LogP contribution >= 0.6 is 0 Å². The van der Waals surface area contributed by atoms with Gasteiger partial charge in [-0.15, -0.1) is 4.91 Å². The highest BCUT2D eigenvalue weighted by molar-refractivity contribution is 5.53. The fraction of sp³-hybridized carbons (Fsp3) is 0.455. The first-order valence-electron chi connectivity index (χ1n) is 9.44. The molecule has 1 aliphatic rings. The number of ether oxygens (including phenoxy) is 1. The first kappa shape index (κ1) is 19.5. The maximum atomic E-state index is 13.5. The lowest BCUT2D eigenvalue weighted by Crippen LogP contribution is -2.40. The van der Waals surface area contributed by atoms with Crippen LogP contribution in [0.3, 0.4) is 0 Å². The summed E-state index contributed by atoms with van der Waals surface area (Å²) in [4.78, 5) is 13.5. The van der Waals surface area contributed by atoms with Crippen LogP contribution in [0.2, 0.25) is 0 Å². The molecule has 5 heteroatoms. The smallest absolute Gasteiger partial charge is 0.150 e. The van der Waals surface area contributed by atoms with Gasteiger partial charge in [0, 0.05) is 18.6 Å². The van der Waals surface area contributed by atoms with E-state index in [9.17, 15) is 9.30 Å². The summed E-state index contributed by atoms with van der Waals surface area (Å²) in [7, 11) is 0. The Labute approximate surface area is 160 Å². The predicted molar refractivity (Wildman–Crippen MR) is 106 cm³/mol. The number of halogens is 1. The van der Waals surface area contributed by atoms with E-state index >= 15 is 0 Å². The van der Waals surface area contributed by atoms with Crippen LogP contribution in [0.5, 0.6) is 5.75 Å². The van der Waals surface area contributed by atoms with Crippen molar-refractivity contribution in [2.45, 2.75) is 65.3 Å². The van der Waals surface area contributed by atoms with E-state index in [-0.39, 0.29) is 17.5 Å². The first-order chi connectivity index (χ1) is 12.8. The molecule has 0 radical (unpaired) electrons. The number of fused-ring (bicyclic) bond motifs is 1. The fourth-order valence-electron chi connectivity index (χ4n) is 3.54. The number of nitroso groups, excluding NO2 is 1. The highest BCUT2D eigenvalue weighted by atomic mass is 19.1. The third-order valence-corrected chi connectivity index (χ3v) is 5.26. The van der Waals surface area contributed by atoms with Crippen molar-refractivity contribution in [3.05, 3.63) is 63.8 Å². The SMILES string of the molecule is CC(C)Oc1ccc(CCC(C)(C)N2Cc3ccc(F)cc3C2)cc1N=O. The van der Waals surface area contributed by atoms with E-state index in [2.05, 4.69) is 23.9 Å². The summed E-state index contributed by atoms with van der Waals surface area (Å²) in [6.07, 6.45) is 1.75. The average molecular weight is 370 g/mol. The third kappa shape index (κ3) is 4.53. The molecule has 144 valence electrons. The van der Waals surface area contributed by atoms with Crippen LogP contribution in [0.25, 0.3) is 0 Å².